The Balaban J connectivity index is 1.83. The van der Waals surface area contributed by atoms with Gasteiger partial charge in [0.2, 0.25) is 0 Å². The lowest BCUT2D eigenvalue weighted by molar-refractivity contribution is 0.396. The number of nitrogens with one attached hydrogen (secondary N) is 1. The molecule has 0 radical (unpaired) electrons. The second kappa shape index (κ2) is 6.54. The highest BCUT2D eigenvalue weighted by molar-refractivity contribution is 6.33. The summed E-state index contributed by atoms with van der Waals surface area (Å²) < 4.78 is 1.70. The molecule has 0 saturated heterocycles. The standard InChI is InChI=1S/C18H21ClN6/c19-13-3-1-2-4-14(13)23-16-15(11-5-7-12(20)8-6-11)17(21)24-25-10-9-22-18(16)25/h1-4,9-12,23H,5-8,20H2,(H2,21,24)/t11-,12-. The second-order valence-electron chi connectivity index (χ2n) is 6.59. The summed E-state index contributed by atoms with van der Waals surface area (Å²) in [5, 5.41) is 8.59. The molecule has 130 valence electrons. The van der Waals surface area contributed by atoms with Crippen molar-refractivity contribution in [2.75, 3.05) is 11.1 Å². The van der Waals surface area contributed by atoms with Gasteiger partial charge in [-0.1, -0.05) is 23.7 Å². The van der Waals surface area contributed by atoms with Crippen molar-refractivity contribution in [3.05, 3.63) is 47.2 Å². The highest BCUT2D eigenvalue weighted by Crippen LogP contribution is 2.41. The number of halogens is 1. The van der Waals surface area contributed by atoms with Crippen LogP contribution in [0.25, 0.3) is 5.65 Å². The van der Waals surface area contributed by atoms with Gasteiger partial charge in [0, 0.05) is 24.0 Å². The molecule has 3 aromatic rings. The normalized spacial score (nSPS) is 20.7. The number of imidazole rings is 1. The Bertz CT molecular complexity index is 898. The molecule has 1 aliphatic rings. The first kappa shape index (κ1) is 16.2. The maximum atomic E-state index is 6.34. The van der Waals surface area contributed by atoms with Crippen molar-refractivity contribution in [3.63, 3.8) is 0 Å². The van der Waals surface area contributed by atoms with Crippen molar-refractivity contribution in [2.45, 2.75) is 37.6 Å². The van der Waals surface area contributed by atoms with Gasteiger partial charge in [-0.3, -0.25) is 0 Å². The van der Waals surface area contributed by atoms with E-state index in [4.69, 9.17) is 23.1 Å². The third-order valence-electron chi connectivity index (χ3n) is 4.92. The zero-order chi connectivity index (χ0) is 17.4. The van der Waals surface area contributed by atoms with Crippen molar-refractivity contribution >= 4 is 34.4 Å². The van der Waals surface area contributed by atoms with Crippen molar-refractivity contribution in [3.8, 4) is 0 Å². The van der Waals surface area contributed by atoms with E-state index in [0.717, 1.165) is 48.3 Å². The topological polar surface area (TPSA) is 94.3 Å². The molecule has 2 aromatic heterocycles. The molecule has 0 atom stereocenters. The average Bonchev–Trinajstić information content (AvgIpc) is 3.06. The van der Waals surface area contributed by atoms with Crippen LogP contribution in [0.15, 0.2) is 36.7 Å². The highest BCUT2D eigenvalue weighted by atomic mass is 35.5. The molecule has 1 fully saturated rings. The Morgan fingerprint density at radius 3 is 2.68 bits per heavy atom. The van der Waals surface area contributed by atoms with Crippen LogP contribution in [0.5, 0.6) is 0 Å². The van der Waals surface area contributed by atoms with E-state index in [2.05, 4.69) is 15.4 Å². The monoisotopic (exact) mass is 356 g/mol. The van der Waals surface area contributed by atoms with Crippen molar-refractivity contribution in [2.24, 2.45) is 5.73 Å². The van der Waals surface area contributed by atoms with Gasteiger partial charge < -0.3 is 16.8 Å². The van der Waals surface area contributed by atoms with E-state index >= 15 is 0 Å². The van der Waals surface area contributed by atoms with Crippen LogP contribution in [0, 0.1) is 0 Å². The molecular weight excluding hydrogens is 336 g/mol. The van der Waals surface area contributed by atoms with Crippen molar-refractivity contribution in [1.29, 1.82) is 0 Å². The van der Waals surface area contributed by atoms with E-state index < -0.39 is 0 Å². The molecule has 0 aliphatic heterocycles. The summed E-state index contributed by atoms with van der Waals surface area (Å²) in [7, 11) is 0. The number of anilines is 3. The number of benzene rings is 1. The number of hydrogen-bond acceptors (Lipinski definition) is 5. The largest absolute Gasteiger partial charge is 0.382 e. The summed E-state index contributed by atoms with van der Waals surface area (Å²) in [6, 6.07) is 7.93. The summed E-state index contributed by atoms with van der Waals surface area (Å²) in [6.07, 6.45) is 7.51. The molecule has 2 heterocycles. The van der Waals surface area contributed by atoms with Crippen LogP contribution in [-0.2, 0) is 0 Å². The fourth-order valence-corrected chi connectivity index (χ4v) is 3.80. The zero-order valence-electron chi connectivity index (χ0n) is 13.8. The molecule has 1 saturated carbocycles. The van der Waals surface area contributed by atoms with Crippen molar-refractivity contribution in [1.82, 2.24) is 14.6 Å². The van der Waals surface area contributed by atoms with E-state index in [1.54, 1.807) is 16.9 Å². The predicted octanol–water partition coefficient (Wildman–Crippen LogP) is 3.69. The lowest BCUT2D eigenvalue weighted by atomic mass is 9.81. The number of rotatable bonds is 3. The molecule has 7 heteroatoms. The molecular formula is C18H21ClN6. The lowest BCUT2D eigenvalue weighted by Gasteiger charge is -2.29. The quantitative estimate of drug-likeness (QED) is 0.665. The third-order valence-corrected chi connectivity index (χ3v) is 5.25. The van der Waals surface area contributed by atoms with Crippen LogP contribution in [-0.4, -0.2) is 20.6 Å². The van der Waals surface area contributed by atoms with Gasteiger partial charge in [0.25, 0.3) is 0 Å². The SMILES string of the molecule is Nc1nn2ccnc2c(Nc2ccccc2Cl)c1[C@H]1CC[C@H](N)CC1. The molecule has 0 spiro atoms. The van der Waals surface area contributed by atoms with E-state index in [9.17, 15) is 0 Å². The van der Waals surface area contributed by atoms with E-state index in [-0.39, 0.29) is 6.04 Å². The van der Waals surface area contributed by atoms with Gasteiger partial charge in [0.1, 0.15) is 5.82 Å². The van der Waals surface area contributed by atoms with Crippen LogP contribution in [0.4, 0.5) is 17.2 Å². The third kappa shape index (κ3) is 3.03. The number of nitrogen functional groups attached to an aromatic ring is 1. The molecule has 0 bridgehead atoms. The number of nitrogens with zero attached hydrogens (tertiary/aromatic N) is 3. The van der Waals surface area contributed by atoms with Gasteiger partial charge in [-0.05, 0) is 43.7 Å². The molecule has 25 heavy (non-hydrogen) atoms. The summed E-state index contributed by atoms with van der Waals surface area (Å²) >= 11 is 6.34. The molecule has 1 aliphatic carbocycles. The Labute approximate surface area is 151 Å². The first-order valence-electron chi connectivity index (χ1n) is 8.53. The first-order valence-corrected chi connectivity index (χ1v) is 8.91. The minimum absolute atomic E-state index is 0.278. The maximum absolute atomic E-state index is 6.34. The zero-order valence-corrected chi connectivity index (χ0v) is 14.6. The maximum Gasteiger partial charge on any atom is 0.177 e. The number of fused-ring (bicyclic) bond motifs is 1. The lowest BCUT2D eigenvalue weighted by Crippen LogP contribution is -2.26. The highest BCUT2D eigenvalue weighted by Gasteiger charge is 2.27. The fourth-order valence-electron chi connectivity index (χ4n) is 3.62. The number of hydrogen-bond donors (Lipinski definition) is 3. The van der Waals surface area contributed by atoms with E-state index in [1.807, 2.05) is 24.3 Å². The Hall–Kier alpha value is -2.31. The summed E-state index contributed by atoms with van der Waals surface area (Å²) in [5.74, 6) is 0.847. The van der Waals surface area contributed by atoms with Crippen LogP contribution < -0.4 is 16.8 Å². The predicted molar refractivity (Wildman–Crippen MR) is 101 cm³/mol. The molecule has 0 unspecified atom stereocenters. The van der Waals surface area contributed by atoms with Crippen LogP contribution in [0.2, 0.25) is 5.02 Å². The van der Waals surface area contributed by atoms with Gasteiger partial charge in [-0.15, -0.1) is 5.10 Å². The molecule has 0 amide bonds. The number of para-hydroxylation sites is 1. The van der Waals surface area contributed by atoms with E-state index in [1.165, 1.54) is 0 Å². The smallest absolute Gasteiger partial charge is 0.177 e. The minimum Gasteiger partial charge on any atom is -0.382 e. The van der Waals surface area contributed by atoms with Crippen LogP contribution in [0.1, 0.15) is 37.2 Å². The van der Waals surface area contributed by atoms with Crippen molar-refractivity contribution < 1.29 is 0 Å². The molecule has 5 N–H and O–H groups in total. The average molecular weight is 357 g/mol. The second-order valence-corrected chi connectivity index (χ2v) is 6.99. The Morgan fingerprint density at radius 2 is 1.92 bits per heavy atom. The van der Waals surface area contributed by atoms with E-state index in [0.29, 0.717) is 16.8 Å². The Kier molecular flexibility index (Phi) is 4.23. The molecule has 1 aromatic carbocycles. The summed E-state index contributed by atoms with van der Waals surface area (Å²) in [6.45, 7) is 0. The van der Waals surface area contributed by atoms with Gasteiger partial charge in [-0.2, -0.15) is 0 Å². The Morgan fingerprint density at radius 1 is 1.16 bits per heavy atom. The summed E-state index contributed by atoms with van der Waals surface area (Å²) in [4.78, 5) is 4.47. The van der Waals surface area contributed by atoms with Gasteiger partial charge in [0.05, 0.1) is 16.4 Å². The van der Waals surface area contributed by atoms with Gasteiger partial charge in [0.15, 0.2) is 5.65 Å². The summed E-state index contributed by atoms with van der Waals surface area (Å²) in [5.41, 5.74) is 15.9. The van der Waals surface area contributed by atoms with Gasteiger partial charge in [-0.25, -0.2) is 9.50 Å². The first-order chi connectivity index (χ1) is 12.1. The van der Waals surface area contributed by atoms with Crippen LogP contribution in [0.3, 0.4) is 0 Å². The van der Waals surface area contributed by atoms with Crippen LogP contribution >= 0.6 is 11.6 Å². The molecule has 4 rings (SSSR count). The number of aromatic nitrogens is 3. The molecule has 6 nitrogen and oxygen atoms in total. The fraction of sp³-hybridized carbons (Fsp3) is 0.333. The minimum atomic E-state index is 0.278. The van der Waals surface area contributed by atoms with Gasteiger partial charge >= 0.3 is 0 Å². The number of nitrogens with two attached hydrogens (primary N) is 2.